The molecule has 3 aromatic rings. The normalized spacial score (nSPS) is 11.3. The molecular formula is C21H16N2OS. The highest BCUT2D eigenvalue weighted by molar-refractivity contribution is 8.00. The van der Waals surface area contributed by atoms with Crippen LogP contribution in [0.1, 0.15) is 16.4 Å². The van der Waals surface area contributed by atoms with Gasteiger partial charge in [0, 0.05) is 10.6 Å². The van der Waals surface area contributed by atoms with Crippen LogP contribution >= 0.6 is 11.8 Å². The summed E-state index contributed by atoms with van der Waals surface area (Å²) in [6.45, 7) is 0. The van der Waals surface area contributed by atoms with E-state index in [1.165, 1.54) is 11.8 Å². The van der Waals surface area contributed by atoms with E-state index in [4.69, 9.17) is 5.26 Å². The Hall–Kier alpha value is -3.03. The summed E-state index contributed by atoms with van der Waals surface area (Å²) < 4.78 is 0. The Labute approximate surface area is 151 Å². The summed E-state index contributed by atoms with van der Waals surface area (Å²) in [7, 11) is 0. The Kier molecular flexibility index (Phi) is 5.50. The number of nitrogens with one attached hydrogen (secondary N) is 1. The predicted octanol–water partition coefficient (Wildman–Crippen LogP) is 5.03. The van der Waals surface area contributed by atoms with Crippen LogP contribution in [0.2, 0.25) is 0 Å². The molecule has 3 nitrogen and oxygen atoms in total. The zero-order valence-electron chi connectivity index (χ0n) is 13.4. The highest BCUT2D eigenvalue weighted by Crippen LogP contribution is 2.36. The average molecular weight is 344 g/mol. The van der Waals surface area contributed by atoms with Crippen LogP contribution in [0.3, 0.4) is 0 Å². The van der Waals surface area contributed by atoms with Crippen molar-refractivity contribution in [3.05, 3.63) is 96.1 Å². The molecule has 4 heteroatoms. The number of rotatable bonds is 5. The van der Waals surface area contributed by atoms with Gasteiger partial charge in [0.1, 0.15) is 5.25 Å². The van der Waals surface area contributed by atoms with Crippen molar-refractivity contribution in [3.63, 3.8) is 0 Å². The standard InChI is InChI=1S/C21H16N2OS/c22-15-16-11-13-18(14-12-16)23-21(24)20(17-7-3-1-4-8-17)25-19-9-5-2-6-10-19/h1-14,20H,(H,23,24)/t20-/m0/s1. The number of thioether (sulfide) groups is 1. The highest BCUT2D eigenvalue weighted by Gasteiger charge is 2.22. The fraction of sp³-hybridized carbons (Fsp3) is 0.0476. The quantitative estimate of drug-likeness (QED) is 0.660. The van der Waals surface area contributed by atoms with Gasteiger partial charge in [0.05, 0.1) is 11.6 Å². The maximum Gasteiger partial charge on any atom is 0.242 e. The van der Waals surface area contributed by atoms with Gasteiger partial charge in [0.25, 0.3) is 0 Å². The fourth-order valence-electron chi connectivity index (χ4n) is 2.37. The first kappa shape index (κ1) is 16.8. The van der Waals surface area contributed by atoms with Gasteiger partial charge in [-0.15, -0.1) is 11.8 Å². The van der Waals surface area contributed by atoms with Crippen LogP contribution in [0.15, 0.2) is 89.8 Å². The molecular weight excluding hydrogens is 328 g/mol. The molecule has 25 heavy (non-hydrogen) atoms. The Morgan fingerprint density at radius 3 is 2.08 bits per heavy atom. The van der Waals surface area contributed by atoms with E-state index in [2.05, 4.69) is 11.4 Å². The van der Waals surface area contributed by atoms with Crippen LogP contribution in [0.25, 0.3) is 0 Å². The maximum absolute atomic E-state index is 12.9. The number of hydrogen-bond donors (Lipinski definition) is 1. The molecule has 122 valence electrons. The minimum Gasteiger partial charge on any atom is -0.325 e. The lowest BCUT2D eigenvalue weighted by Gasteiger charge is -2.17. The van der Waals surface area contributed by atoms with Crippen molar-refractivity contribution in [2.75, 3.05) is 5.32 Å². The molecule has 3 aromatic carbocycles. The van der Waals surface area contributed by atoms with Crippen LogP contribution in [0.4, 0.5) is 5.69 Å². The Balaban J connectivity index is 1.82. The second-order valence-corrected chi connectivity index (χ2v) is 6.58. The van der Waals surface area contributed by atoms with Crippen LogP contribution < -0.4 is 5.32 Å². The highest BCUT2D eigenvalue weighted by atomic mass is 32.2. The van der Waals surface area contributed by atoms with Crippen molar-refractivity contribution >= 4 is 23.4 Å². The number of carbonyl (C=O) groups is 1. The van der Waals surface area contributed by atoms with Crippen molar-refractivity contribution in [3.8, 4) is 6.07 Å². The molecule has 0 heterocycles. The monoisotopic (exact) mass is 344 g/mol. The lowest BCUT2D eigenvalue weighted by molar-refractivity contribution is -0.115. The number of benzene rings is 3. The summed E-state index contributed by atoms with van der Waals surface area (Å²) in [5.41, 5.74) is 2.19. The van der Waals surface area contributed by atoms with Crippen LogP contribution in [0, 0.1) is 11.3 Å². The minimum absolute atomic E-state index is 0.0928. The number of nitriles is 1. The summed E-state index contributed by atoms with van der Waals surface area (Å²) in [6.07, 6.45) is 0. The summed E-state index contributed by atoms with van der Waals surface area (Å²) in [5, 5.41) is 11.5. The van der Waals surface area contributed by atoms with Gasteiger partial charge < -0.3 is 5.32 Å². The minimum atomic E-state index is -0.362. The average Bonchev–Trinajstić information content (AvgIpc) is 2.68. The van der Waals surface area contributed by atoms with E-state index in [1.54, 1.807) is 24.3 Å². The van der Waals surface area contributed by atoms with Crippen LogP contribution in [-0.4, -0.2) is 5.91 Å². The Morgan fingerprint density at radius 2 is 1.48 bits per heavy atom. The summed E-state index contributed by atoms with van der Waals surface area (Å²) in [4.78, 5) is 13.9. The Bertz CT molecular complexity index is 871. The molecule has 0 radical (unpaired) electrons. The molecule has 1 N–H and O–H groups in total. The van der Waals surface area contributed by atoms with E-state index in [9.17, 15) is 4.79 Å². The molecule has 1 atom stereocenters. The summed E-state index contributed by atoms with van der Waals surface area (Å²) in [5.74, 6) is -0.0928. The number of amides is 1. The maximum atomic E-state index is 12.9. The number of carbonyl (C=O) groups excluding carboxylic acids is 1. The van der Waals surface area contributed by atoms with Gasteiger partial charge in [0.15, 0.2) is 0 Å². The topological polar surface area (TPSA) is 52.9 Å². The lowest BCUT2D eigenvalue weighted by atomic mass is 10.1. The largest absolute Gasteiger partial charge is 0.325 e. The van der Waals surface area contributed by atoms with Gasteiger partial charge in [-0.2, -0.15) is 5.26 Å². The van der Waals surface area contributed by atoms with Crippen LogP contribution in [-0.2, 0) is 4.79 Å². The Morgan fingerprint density at radius 1 is 0.880 bits per heavy atom. The third-order valence-electron chi connectivity index (χ3n) is 3.62. The first-order chi connectivity index (χ1) is 12.3. The van der Waals surface area contributed by atoms with Crippen molar-refractivity contribution in [2.45, 2.75) is 10.1 Å². The smallest absolute Gasteiger partial charge is 0.242 e. The predicted molar refractivity (Wildman–Crippen MR) is 101 cm³/mol. The first-order valence-corrected chi connectivity index (χ1v) is 8.72. The third-order valence-corrected chi connectivity index (χ3v) is 4.89. The molecule has 0 saturated carbocycles. The molecule has 1 amide bonds. The second kappa shape index (κ2) is 8.18. The molecule has 0 aliphatic carbocycles. The van der Waals surface area contributed by atoms with Gasteiger partial charge in [-0.1, -0.05) is 48.5 Å². The molecule has 0 aliphatic rings. The van der Waals surface area contributed by atoms with Gasteiger partial charge >= 0.3 is 0 Å². The van der Waals surface area contributed by atoms with Gasteiger partial charge in [0.2, 0.25) is 5.91 Å². The molecule has 0 aromatic heterocycles. The summed E-state index contributed by atoms with van der Waals surface area (Å²) in [6, 6.07) is 28.5. The first-order valence-electron chi connectivity index (χ1n) is 7.84. The zero-order valence-corrected chi connectivity index (χ0v) is 14.2. The van der Waals surface area contributed by atoms with Crippen molar-refractivity contribution < 1.29 is 4.79 Å². The van der Waals surface area contributed by atoms with Crippen molar-refractivity contribution in [2.24, 2.45) is 0 Å². The lowest BCUT2D eigenvalue weighted by Crippen LogP contribution is -2.19. The SMILES string of the molecule is N#Cc1ccc(NC(=O)[C@@H](Sc2ccccc2)c2ccccc2)cc1. The molecule has 0 unspecified atom stereocenters. The fourth-order valence-corrected chi connectivity index (χ4v) is 3.42. The third kappa shape index (κ3) is 4.50. The molecule has 0 aliphatic heterocycles. The van der Waals surface area contributed by atoms with Gasteiger partial charge in [-0.3, -0.25) is 4.79 Å². The molecule has 0 saturated heterocycles. The molecule has 3 rings (SSSR count). The number of hydrogen-bond acceptors (Lipinski definition) is 3. The molecule has 0 bridgehead atoms. The summed E-state index contributed by atoms with van der Waals surface area (Å²) >= 11 is 1.51. The molecule has 0 fully saturated rings. The van der Waals surface area contributed by atoms with Gasteiger partial charge in [-0.25, -0.2) is 0 Å². The van der Waals surface area contributed by atoms with Crippen molar-refractivity contribution in [1.29, 1.82) is 5.26 Å². The van der Waals surface area contributed by atoms with E-state index in [0.29, 0.717) is 11.3 Å². The van der Waals surface area contributed by atoms with E-state index >= 15 is 0 Å². The van der Waals surface area contributed by atoms with E-state index in [1.807, 2.05) is 60.7 Å². The number of nitrogens with zero attached hydrogens (tertiary/aromatic N) is 1. The van der Waals surface area contributed by atoms with Crippen LogP contribution in [0.5, 0.6) is 0 Å². The van der Waals surface area contributed by atoms with E-state index in [-0.39, 0.29) is 11.2 Å². The number of anilines is 1. The van der Waals surface area contributed by atoms with Gasteiger partial charge in [-0.05, 0) is 42.0 Å². The van der Waals surface area contributed by atoms with E-state index < -0.39 is 0 Å². The van der Waals surface area contributed by atoms with Crippen molar-refractivity contribution in [1.82, 2.24) is 0 Å². The zero-order chi connectivity index (χ0) is 17.5. The second-order valence-electron chi connectivity index (χ2n) is 5.40. The van der Waals surface area contributed by atoms with E-state index in [0.717, 1.165) is 10.5 Å². The molecule has 0 spiro atoms.